The van der Waals surface area contributed by atoms with Gasteiger partial charge in [-0.1, -0.05) is 30.2 Å². The van der Waals surface area contributed by atoms with E-state index in [-0.39, 0.29) is 17.8 Å². The van der Waals surface area contributed by atoms with Gasteiger partial charge in [0.25, 0.3) is 0 Å². The maximum atomic E-state index is 11.6. The van der Waals surface area contributed by atoms with Crippen LogP contribution in [0.1, 0.15) is 27.2 Å². The first kappa shape index (κ1) is 11.2. The molecule has 2 heteroatoms. The Bertz CT molecular complexity index is 269. The minimum Gasteiger partial charge on any atom is -0.373 e. The van der Waals surface area contributed by atoms with Crippen LogP contribution in [0.3, 0.4) is 0 Å². The Morgan fingerprint density at radius 2 is 1.93 bits per heavy atom. The summed E-state index contributed by atoms with van der Waals surface area (Å²) in [5.74, 6) is 0.340. The SMILES string of the molecule is CCC(=O)C(OC)C1C(C)=CC=C1C. The molecule has 1 aliphatic carbocycles. The van der Waals surface area contributed by atoms with Crippen LogP contribution in [0, 0.1) is 5.92 Å². The quantitative estimate of drug-likeness (QED) is 0.687. The lowest BCUT2D eigenvalue weighted by atomic mass is 9.88. The van der Waals surface area contributed by atoms with Gasteiger partial charge in [-0.25, -0.2) is 0 Å². The van der Waals surface area contributed by atoms with Crippen molar-refractivity contribution in [1.29, 1.82) is 0 Å². The first-order valence-electron chi connectivity index (χ1n) is 5.02. The molecule has 0 aromatic rings. The molecule has 0 aromatic carbocycles. The summed E-state index contributed by atoms with van der Waals surface area (Å²) >= 11 is 0. The molecule has 0 heterocycles. The van der Waals surface area contributed by atoms with Crippen LogP contribution in [0.5, 0.6) is 0 Å². The summed E-state index contributed by atoms with van der Waals surface area (Å²) in [7, 11) is 1.61. The molecule has 78 valence electrons. The standard InChI is InChI=1S/C12H18O2/c1-5-10(13)12(14-4)11-8(2)6-7-9(11)3/h6-7,11-12H,5H2,1-4H3. The summed E-state index contributed by atoms with van der Waals surface area (Å²) in [5.41, 5.74) is 2.44. The van der Waals surface area contributed by atoms with Gasteiger partial charge in [-0.2, -0.15) is 0 Å². The van der Waals surface area contributed by atoms with Crippen LogP contribution in [-0.4, -0.2) is 19.0 Å². The topological polar surface area (TPSA) is 26.3 Å². The molecule has 0 N–H and O–H groups in total. The van der Waals surface area contributed by atoms with Crippen LogP contribution < -0.4 is 0 Å². The Kier molecular flexibility index (Phi) is 3.64. The second-order valence-corrected chi connectivity index (χ2v) is 3.78. The van der Waals surface area contributed by atoms with Gasteiger partial charge in [0.1, 0.15) is 6.10 Å². The Morgan fingerprint density at radius 1 is 1.43 bits per heavy atom. The van der Waals surface area contributed by atoms with Crippen molar-refractivity contribution in [2.75, 3.05) is 7.11 Å². The third-order valence-corrected chi connectivity index (χ3v) is 2.81. The molecule has 0 saturated heterocycles. The van der Waals surface area contributed by atoms with E-state index in [1.165, 1.54) is 11.1 Å². The number of rotatable bonds is 4. The van der Waals surface area contributed by atoms with Crippen molar-refractivity contribution in [2.45, 2.75) is 33.3 Å². The highest BCUT2D eigenvalue weighted by Crippen LogP contribution is 2.31. The molecule has 0 saturated carbocycles. The average molecular weight is 194 g/mol. The molecule has 0 aromatic heterocycles. The molecule has 0 aliphatic heterocycles. The Morgan fingerprint density at radius 3 is 2.29 bits per heavy atom. The smallest absolute Gasteiger partial charge is 0.162 e. The fourth-order valence-corrected chi connectivity index (χ4v) is 1.96. The lowest BCUT2D eigenvalue weighted by Crippen LogP contribution is -2.31. The zero-order chi connectivity index (χ0) is 10.7. The molecule has 1 aliphatic rings. The number of methoxy groups -OCH3 is 1. The van der Waals surface area contributed by atoms with Crippen molar-refractivity contribution < 1.29 is 9.53 Å². The van der Waals surface area contributed by atoms with Gasteiger partial charge in [0.05, 0.1) is 0 Å². The number of Topliss-reactive ketones (excluding diaryl/α,β-unsaturated/α-hetero) is 1. The van der Waals surface area contributed by atoms with E-state index < -0.39 is 0 Å². The van der Waals surface area contributed by atoms with Crippen LogP contribution in [0.2, 0.25) is 0 Å². The van der Waals surface area contributed by atoms with Crippen molar-refractivity contribution in [3.8, 4) is 0 Å². The molecule has 0 radical (unpaired) electrons. The number of ether oxygens (including phenoxy) is 1. The van der Waals surface area contributed by atoms with Gasteiger partial charge in [-0.05, 0) is 13.8 Å². The van der Waals surface area contributed by atoms with E-state index in [0.29, 0.717) is 6.42 Å². The van der Waals surface area contributed by atoms with Crippen molar-refractivity contribution in [3.05, 3.63) is 23.3 Å². The Labute approximate surface area is 85.6 Å². The number of carbonyl (C=O) groups excluding carboxylic acids is 1. The van der Waals surface area contributed by atoms with Crippen molar-refractivity contribution in [2.24, 2.45) is 5.92 Å². The van der Waals surface area contributed by atoms with Gasteiger partial charge >= 0.3 is 0 Å². The molecule has 2 nitrogen and oxygen atoms in total. The highest BCUT2D eigenvalue weighted by Gasteiger charge is 2.31. The Hall–Kier alpha value is -0.890. The summed E-state index contributed by atoms with van der Waals surface area (Å²) in [6.45, 7) is 5.97. The zero-order valence-electron chi connectivity index (χ0n) is 9.33. The van der Waals surface area contributed by atoms with Crippen molar-refractivity contribution in [3.63, 3.8) is 0 Å². The fourth-order valence-electron chi connectivity index (χ4n) is 1.96. The summed E-state index contributed by atoms with van der Waals surface area (Å²) in [4.78, 5) is 11.6. The summed E-state index contributed by atoms with van der Waals surface area (Å²) < 4.78 is 5.30. The molecule has 1 unspecified atom stereocenters. The first-order chi connectivity index (χ1) is 6.61. The summed E-state index contributed by atoms with van der Waals surface area (Å²) in [6, 6.07) is 0. The van der Waals surface area contributed by atoms with Gasteiger partial charge in [0.15, 0.2) is 5.78 Å². The maximum absolute atomic E-state index is 11.6. The Balaban J connectivity index is 2.85. The molecule has 1 rings (SSSR count). The summed E-state index contributed by atoms with van der Waals surface area (Å²) in [5, 5.41) is 0. The van der Waals surface area contributed by atoms with Crippen LogP contribution in [-0.2, 0) is 9.53 Å². The fraction of sp³-hybridized carbons (Fsp3) is 0.583. The summed E-state index contributed by atoms with van der Waals surface area (Å²) in [6.07, 6.45) is 4.37. The van der Waals surface area contributed by atoms with Gasteiger partial charge < -0.3 is 4.74 Å². The minimum atomic E-state index is -0.296. The molecular weight excluding hydrogens is 176 g/mol. The van der Waals surface area contributed by atoms with Crippen molar-refractivity contribution in [1.82, 2.24) is 0 Å². The number of ketones is 1. The number of allylic oxidation sites excluding steroid dienone is 2. The van der Waals surface area contributed by atoms with Crippen LogP contribution in [0.4, 0.5) is 0 Å². The van der Waals surface area contributed by atoms with E-state index in [9.17, 15) is 4.79 Å². The van der Waals surface area contributed by atoms with Crippen LogP contribution in [0.15, 0.2) is 23.3 Å². The lowest BCUT2D eigenvalue weighted by Gasteiger charge is -2.23. The van der Waals surface area contributed by atoms with E-state index in [2.05, 4.69) is 12.2 Å². The largest absolute Gasteiger partial charge is 0.373 e. The molecule has 14 heavy (non-hydrogen) atoms. The van der Waals surface area contributed by atoms with Gasteiger partial charge in [0, 0.05) is 19.4 Å². The zero-order valence-corrected chi connectivity index (χ0v) is 9.33. The maximum Gasteiger partial charge on any atom is 0.162 e. The third kappa shape index (κ3) is 1.95. The first-order valence-corrected chi connectivity index (χ1v) is 5.02. The third-order valence-electron chi connectivity index (χ3n) is 2.81. The number of hydrogen-bond acceptors (Lipinski definition) is 2. The van der Waals surface area contributed by atoms with Gasteiger partial charge in [0.2, 0.25) is 0 Å². The van der Waals surface area contributed by atoms with Gasteiger partial charge in [-0.3, -0.25) is 4.79 Å². The predicted octanol–water partition coefficient (Wildman–Crippen LogP) is 2.50. The lowest BCUT2D eigenvalue weighted by molar-refractivity contribution is -0.130. The number of carbonyl (C=O) groups is 1. The van der Waals surface area contributed by atoms with Crippen LogP contribution >= 0.6 is 0 Å². The monoisotopic (exact) mass is 194 g/mol. The second-order valence-electron chi connectivity index (χ2n) is 3.78. The molecule has 0 amide bonds. The van der Waals surface area contributed by atoms with Gasteiger partial charge in [-0.15, -0.1) is 0 Å². The normalized spacial score (nSPS) is 19.1. The highest BCUT2D eigenvalue weighted by atomic mass is 16.5. The average Bonchev–Trinajstić information content (AvgIpc) is 2.50. The van der Waals surface area contributed by atoms with E-state index in [1.54, 1.807) is 7.11 Å². The van der Waals surface area contributed by atoms with E-state index in [1.807, 2.05) is 20.8 Å². The number of hydrogen-bond donors (Lipinski definition) is 0. The van der Waals surface area contributed by atoms with Crippen LogP contribution in [0.25, 0.3) is 0 Å². The van der Waals surface area contributed by atoms with Crippen molar-refractivity contribution >= 4 is 5.78 Å². The molecule has 0 bridgehead atoms. The molecule has 1 atom stereocenters. The molecular formula is C12H18O2. The second kappa shape index (κ2) is 4.56. The highest BCUT2D eigenvalue weighted by molar-refractivity contribution is 5.84. The predicted molar refractivity (Wildman–Crippen MR) is 57.1 cm³/mol. The minimum absolute atomic E-state index is 0.160. The van der Waals surface area contributed by atoms with E-state index in [0.717, 1.165) is 0 Å². The van der Waals surface area contributed by atoms with E-state index in [4.69, 9.17) is 4.74 Å². The molecule has 0 spiro atoms. The molecule has 0 fully saturated rings. The van der Waals surface area contributed by atoms with E-state index >= 15 is 0 Å².